The van der Waals surface area contributed by atoms with Crippen molar-refractivity contribution in [3.8, 4) is 0 Å². The molecule has 1 aliphatic heterocycles. The van der Waals surface area contributed by atoms with Crippen molar-refractivity contribution in [3.05, 3.63) is 46.2 Å². The molecule has 1 saturated heterocycles. The molecule has 1 aromatic carbocycles. The van der Waals surface area contributed by atoms with Gasteiger partial charge in [-0.3, -0.25) is 14.4 Å². The quantitative estimate of drug-likeness (QED) is 0.631. The molecule has 0 radical (unpaired) electrons. The summed E-state index contributed by atoms with van der Waals surface area (Å²) in [5.74, 6) is 0.623. The Morgan fingerprint density at radius 2 is 1.76 bits per heavy atom. The van der Waals surface area contributed by atoms with Crippen molar-refractivity contribution < 1.29 is 19.8 Å². The van der Waals surface area contributed by atoms with E-state index in [1.165, 1.54) is 32.5 Å². The van der Waals surface area contributed by atoms with Gasteiger partial charge in [0.15, 0.2) is 0 Å². The molecular formula is C21H31N3O5. The predicted octanol–water partition coefficient (Wildman–Crippen LogP) is 2.09. The SMILES string of the molecule is CC(CN(C)Cc1cc2ccccc2[nH]c1=O)CN1CCCC1.O=CO.O=CO. The average molecular weight is 405 g/mol. The number of likely N-dealkylation sites (tertiary alicyclic amines) is 1. The van der Waals surface area contributed by atoms with Crippen LogP contribution in [-0.2, 0) is 16.1 Å². The Morgan fingerprint density at radius 1 is 1.17 bits per heavy atom. The molecule has 0 amide bonds. The fraction of sp³-hybridized carbons (Fsp3) is 0.476. The van der Waals surface area contributed by atoms with Crippen LogP contribution in [0.2, 0.25) is 0 Å². The molecule has 8 heteroatoms. The number of nitrogens with one attached hydrogen (secondary N) is 1. The number of nitrogens with zero attached hydrogens (tertiary/aromatic N) is 2. The monoisotopic (exact) mass is 405 g/mol. The van der Waals surface area contributed by atoms with Gasteiger partial charge in [-0.05, 0) is 56.4 Å². The van der Waals surface area contributed by atoms with Gasteiger partial charge in [0.1, 0.15) is 0 Å². The third-order valence-electron chi connectivity index (χ3n) is 4.66. The molecule has 1 atom stereocenters. The Balaban J connectivity index is 0.000000626. The minimum Gasteiger partial charge on any atom is -0.483 e. The summed E-state index contributed by atoms with van der Waals surface area (Å²) in [7, 11) is 2.11. The fourth-order valence-electron chi connectivity index (χ4n) is 3.66. The number of H-pyrrole nitrogens is 1. The molecule has 1 fully saturated rings. The van der Waals surface area contributed by atoms with Gasteiger partial charge in [0.05, 0.1) is 0 Å². The second kappa shape index (κ2) is 13.5. The lowest BCUT2D eigenvalue weighted by molar-refractivity contribution is -0.123. The third-order valence-corrected chi connectivity index (χ3v) is 4.66. The minimum absolute atomic E-state index is 0.0303. The van der Waals surface area contributed by atoms with Crippen molar-refractivity contribution in [1.29, 1.82) is 0 Å². The largest absolute Gasteiger partial charge is 0.483 e. The van der Waals surface area contributed by atoms with Crippen LogP contribution in [0.4, 0.5) is 0 Å². The molecule has 29 heavy (non-hydrogen) atoms. The molecule has 0 saturated carbocycles. The van der Waals surface area contributed by atoms with Crippen LogP contribution in [0.15, 0.2) is 35.1 Å². The topological polar surface area (TPSA) is 114 Å². The molecule has 2 heterocycles. The Hall–Kier alpha value is -2.71. The molecule has 0 bridgehead atoms. The maximum absolute atomic E-state index is 12.2. The molecule has 1 aromatic heterocycles. The molecule has 3 N–H and O–H groups in total. The maximum atomic E-state index is 12.2. The van der Waals surface area contributed by atoms with E-state index in [-0.39, 0.29) is 18.5 Å². The zero-order chi connectivity index (χ0) is 21.6. The van der Waals surface area contributed by atoms with Gasteiger partial charge < -0.3 is 25.0 Å². The van der Waals surface area contributed by atoms with Crippen molar-refractivity contribution in [2.24, 2.45) is 5.92 Å². The van der Waals surface area contributed by atoms with E-state index in [2.05, 4.69) is 28.8 Å². The van der Waals surface area contributed by atoms with Crippen LogP contribution in [0.25, 0.3) is 10.9 Å². The van der Waals surface area contributed by atoms with Crippen LogP contribution in [-0.4, -0.2) is 71.2 Å². The highest BCUT2D eigenvalue weighted by atomic mass is 16.3. The molecule has 1 aliphatic rings. The maximum Gasteiger partial charge on any atom is 0.290 e. The summed E-state index contributed by atoms with van der Waals surface area (Å²) in [4.78, 5) is 36.8. The third kappa shape index (κ3) is 8.89. The van der Waals surface area contributed by atoms with E-state index in [0.29, 0.717) is 12.5 Å². The van der Waals surface area contributed by atoms with E-state index >= 15 is 0 Å². The van der Waals surface area contributed by atoms with Gasteiger partial charge in [-0.2, -0.15) is 0 Å². The van der Waals surface area contributed by atoms with Gasteiger partial charge >= 0.3 is 0 Å². The van der Waals surface area contributed by atoms with Crippen molar-refractivity contribution in [2.75, 3.05) is 33.2 Å². The molecule has 2 aromatic rings. The molecular weight excluding hydrogens is 374 g/mol. The Bertz CT molecular complexity index is 796. The summed E-state index contributed by atoms with van der Waals surface area (Å²) in [6.07, 6.45) is 2.68. The van der Waals surface area contributed by atoms with Gasteiger partial charge in [0.25, 0.3) is 18.5 Å². The van der Waals surface area contributed by atoms with Gasteiger partial charge in [0.2, 0.25) is 0 Å². The highest BCUT2D eigenvalue weighted by Crippen LogP contribution is 2.13. The van der Waals surface area contributed by atoms with Crippen LogP contribution in [0, 0.1) is 5.92 Å². The zero-order valence-corrected chi connectivity index (χ0v) is 17.1. The first-order valence-corrected chi connectivity index (χ1v) is 9.62. The fourth-order valence-corrected chi connectivity index (χ4v) is 3.66. The summed E-state index contributed by atoms with van der Waals surface area (Å²) in [6.45, 7) is 7.18. The molecule has 1 unspecified atom stereocenters. The number of benzene rings is 1. The number of carbonyl (C=O) groups is 2. The number of aromatic nitrogens is 1. The molecule has 160 valence electrons. The first kappa shape index (κ1) is 24.3. The summed E-state index contributed by atoms with van der Waals surface area (Å²) in [5, 5.41) is 14.9. The van der Waals surface area contributed by atoms with E-state index < -0.39 is 0 Å². The Labute approximate surface area is 170 Å². The average Bonchev–Trinajstić information content (AvgIpc) is 3.16. The van der Waals surface area contributed by atoms with E-state index in [1.807, 2.05) is 30.3 Å². The van der Waals surface area contributed by atoms with Crippen LogP contribution in [0.5, 0.6) is 0 Å². The number of hydrogen-bond donors (Lipinski definition) is 3. The smallest absolute Gasteiger partial charge is 0.290 e. The molecule has 8 nitrogen and oxygen atoms in total. The molecule has 0 spiro atoms. The first-order valence-electron chi connectivity index (χ1n) is 9.62. The normalized spacial score (nSPS) is 14.4. The number of carboxylic acid groups (broad SMARTS) is 2. The van der Waals surface area contributed by atoms with Crippen molar-refractivity contribution >= 4 is 23.8 Å². The van der Waals surface area contributed by atoms with Crippen molar-refractivity contribution in [3.63, 3.8) is 0 Å². The number of fused-ring (bicyclic) bond motifs is 1. The van der Waals surface area contributed by atoms with E-state index in [9.17, 15) is 4.79 Å². The predicted molar refractivity (Wildman–Crippen MR) is 113 cm³/mol. The summed E-state index contributed by atoms with van der Waals surface area (Å²) >= 11 is 0. The van der Waals surface area contributed by atoms with E-state index in [1.54, 1.807) is 0 Å². The highest BCUT2D eigenvalue weighted by molar-refractivity contribution is 5.78. The van der Waals surface area contributed by atoms with Gasteiger partial charge in [-0.15, -0.1) is 0 Å². The Morgan fingerprint density at radius 3 is 2.38 bits per heavy atom. The lowest BCUT2D eigenvalue weighted by atomic mass is 10.1. The first-order chi connectivity index (χ1) is 13.9. The minimum atomic E-state index is -0.250. The van der Waals surface area contributed by atoms with Crippen LogP contribution >= 0.6 is 0 Å². The highest BCUT2D eigenvalue weighted by Gasteiger charge is 2.16. The number of pyridine rings is 1. The zero-order valence-electron chi connectivity index (χ0n) is 17.1. The van der Waals surface area contributed by atoms with Crippen LogP contribution in [0.1, 0.15) is 25.3 Å². The van der Waals surface area contributed by atoms with E-state index in [4.69, 9.17) is 19.8 Å². The summed E-state index contributed by atoms with van der Waals surface area (Å²) in [6, 6.07) is 9.97. The second-order valence-electron chi connectivity index (χ2n) is 7.23. The van der Waals surface area contributed by atoms with E-state index in [0.717, 1.165) is 23.0 Å². The summed E-state index contributed by atoms with van der Waals surface area (Å²) < 4.78 is 0. The number of rotatable bonds is 6. The molecule has 3 rings (SSSR count). The molecule has 0 aliphatic carbocycles. The van der Waals surface area contributed by atoms with Crippen molar-refractivity contribution in [2.45, 2.75) is 26.3 Å². The number of aromatic amines is 1. The number of para-hydroxylation sites is 1. The second-order valence-corrected chi connectivity index (χ2v) is 7.23. The van der Waals surface area contributed by atoms with Crippen LogP contribution in [0.3, 0.4) is 0 Å². The van der Waals surface area contributed by atoms with Gasteiger partial charge in [-0.1, -0.05) is 25.1 Å². The van der Waals surface area contributed by atoms with Gasteiger partial charge in [0, 0.05) is 30.7 Å². The summed E-state index contributed by atoms with van der Waals surface area (Å²) in [5.41, 5.74) is 1.79. The van der Waals surface area contributed by atoms with Crippen molar-refractivity contribution in [1.82, 2.24) is 14.8 Å². The van der Waals surface area contributed by atoms with Gasteiger partial charge in [-0.25, -0.2) is 0 Å². The Kier molecular flexibility index (Phi) is 11.3. The lowest BCUT2D eigenvalue weighted by Gasteiger charge is -2.25. The lowest BCUT2D eigenvalue weighted by Crippen LogP contribution is -2.33. The van der Waals surface area contributed by atoms with Crippen LogP contribution < -0.4 is 5.56 Å². The number of hydrogen-bond acceptors (Lipinski definition) is 5. The standard InChI is InChI=1S/C19H27N3O.2CH2O2/c1-15(13-22-9-5-6-10-22)12-21(2)14-17-11-16-7-3-4-8-18(16)20-19(17)23;2*2-1-3/h3-4,7-8,11,15H,5-6,9-10,12-14H2,1-2H3,(H,20,23);2*1H,(H,2,3).